The van der Waals surface area contributed by atoms with Gasteiger partial charge in [0.05, 0.1) is 29.5 Å². The molecular formula is C37H44F5NO4S. The van der Waals surface area contributed by atoms with Gasteiger partial charge in [0.15, 0.2) is 5.79 Å². The standard InChI is InChI=1S/C37H44F5NO4S/c1-22-43-25(18-48-22)9-8-23-6-5-7-24(16-23)27-17-32(4)28(12-15-35(32,45)36(38,39)37(40,41)42)26-10-13-33(44)19-34(14-11-29(33)30(26)27)46-20-31(2,3)21-47-34/h5-9,16,18,26-28,44-45H,10-15,17,19-21H2,1-4H3/b9-8+/t26?,27-,28?,32?,33?,35+/m1/s1. The molecule has 5 aliphatic rings. The molecule has 1 aromatic heterocycles. The first-order valence-electron chi connectivity index (χ1n) is 16.9. The summed E-state index contributed by atoms with van der Waals surface area (Å²) < 4.78 is 85.5. The average Bonchev–Trinajstić information content (AvgIpc) is 3.56. The zero-order valence-corrected chi connectivity index (χ0v) is 28.6. The first kappa shape index (κ1) is 34.3. The van der Waals surface area contributed by atoms with Crippen LogP contribution in [0.15, 0.2) is 40.8 Å². The first-order chi connectivity index (χ1) is 22.3. The fraction of sp³-hybridized carbons (Fsp3) is 0.649. The second-order valence-electron chi connectivity index (χ2n) is 16.0. The van der Waals surface area contributed by atoms with Gasteiger partial charge in [-0.2, -0.15) is 22.0 Å². The minimum absolute atomic E-state index is 0.0480. The molecular weight excluding hydrogens is 649 g/mol. The van der Waals surface area contributed by atoms with Crippen molar-refractivity contribution in [2.45, 2.75) is 114 Å². The zero-order chi connectivity index (χ0) is 34.5. The van der Waals surface area contributed by atoms with Crippen LogP contribution in [0.1, 0.15) is 99.9 Å². The second-order valence-corrected chi connectivity index (χ2v) is 17.0. The molecule has 1 spiro atoms. The van der Waals surface area contributed by atoms with E-state index in [1.54, 1.807) is 0 Å². The highest BCUT2D eigenvalue weighted by atomic mass is 32.1. The summed E-state index contributed by atoms with van der Waals surface area (Å²) in [7, 11) is 0. The monoisotopic (exact) mass is 693 g/mol. The van der Waals surface area contributed by atoms with E-state index in [-0.39, 0.29) is 30.6 Å². The van der Waals surface area contributed by atoms with Crippen LogP contribution < -0.4 is 0 Å². The van der Waals surface area contributed by atoms with Gasteiger partial charge in [0.2, 0.25) is 0 Å². The number of fused-ring (bicyclic) bond motifs is 4. The van der Waals surface area contributed by atoms with Gasteiger partial charge in [0, 0.05) is 35.0 Å². The number of alkyl halides is 5. The molecule has 48 heavy (non-hydrogen) atoms. The summed E-state index contributed by atoms with van der Waals surface area (Å²) in [5, 5.41) is 26.9. The Hall–Kier alpha value is -2.18. The van der Waals surface area contributed by atoms with Crippen LogP contribution in [-0.4, -0.2) is 57.5 Å². The smallest absolute Gasteiger partial charge is 0.385 e. The van der Waals surface area contributed by atoms with Crippen molar-refractivity contribution >= 4 is 23.5 Å². The van der Waals surface area contributed by atoms with E-state index in [1.165, 1.54) is 18.3 Å². The lowest BCUT2D eigenvalue weighted by Crippen LogP contribution is -2.65. The Balaban J connectivity index is 1.33. The van der Waals surface area contributed by atoms with Crippen molar-refractivity contribution in [2.24, 2.45) is 22.7 Å². The predicted octanol–water partition coefficient (Wildman–Crippen LogP) is 8.85. The van der Waals surface area contributed by atoms with Gasteiger partial charge in [-0.15, -0.1) is 11.3 Å². The zero-order valence-electron chi connectivity index (χ0n) is 27.8. The normalized spacial score (nSPS) is 36.3. The van der Waals surface area contributed by atoms with E-state index in [1.807, 2.05) is 48.7 Å². The Morgan fingerprint density at radius 2 is 1.71 bits per heavy atom. The first-order valence-corrected chi connectivity index (χ1v) is 17.8. The van der Waals surface area contributed by atoms with Crippen LogP contribution in [-0.2, 0) is 9.47 Å². The molecule has 0 radical (unpaired) electrons. The van der Waals surface area contributed by atoms with Gasteiger partial charge in [-0.05, 0) is 80.1 Å². The van der Waals surface area contributed by atoms with Crippen LogP contribution in [0, 0.1) is 29.6 Å². The number of aryl methyl sites for hydroxylation is 1. The third-order valence-corrected chi connectivity index (χ3v) is 13.1. The predicted molar refractivity (Wildman–Crippen MR) is 173 cm³/mol. The largest absolute Gasteiger partial charge is 0.456 e. The molecule has 0 amide bonds. The van der Waals surface area contributed by atoms with E-state index in [2.05, 4.69) is 18.8 Å². The van der Waals surface area contributed by atoms with E-state index in [0.717, 1.165) is 33.0 Å². The van der Waals surface area contributed by atoms with Crippen molar-refractivity contribution in [3.8, 4) is 0 Å². The third kappa shape index (κ3) is 5.24. The molecule has 5 nitrogen and oxygen atoms in total. The van der Waals surface area contributed by atoms with Crippen LogP contribution in [0.5, 0.6) is 0 Å². The van der Waals surface area contributed by atoms with Gasteiger partial charge in [-0.25, -0.2) is 4.98 Å². The maximum atomic E-state index is 15.4. The Bertz CT molecular complexity index is 1640. The minimum atomic E-state index is -5.90. The maximum Gasteiger partial charge on any atom is 0.456 e. The fourth-order valence-corrected chi connectivity index (χ4v) is 10.4. The lowest BCUT2D eigenvalue weighted by atomic mass is 9.49. The molecule has 2 heterocycles. The maximum absolute atomic E-state index is 15.4. The van der Waals surface area contributed by atoms with Crippen molar-refractivity contribution < 1.29 is 41.6 Å². The average molecular weight is 694 g/mol. The number of hydrogen-bond donors (Lipinski definition) is 2. The van der Waals surface area contributed by atoms with Gasteiger partial charge in [0.25, 0.3) is 0 Å². The van der Waals surface area contributed by atoms with Crippen molar-refractivity contribution in [1.82, 2.24) is 4.98 Å². The summed E-state index contributed by atoms with van der Waals surface area (Å²) in [5.74, 6) is -7.76. The number of aliphatic hydroxyl groups is 2. The molecule has 262 valence electrons. The SMILES string of the molecule is Cc1nc(/C=C/c2cccc([C@H]3CC4(C)C(CC[C@@]4(O)C(F)(F)C(F)(F)F)C4CCC5(O)CC6(CCC5=C43)OCC(C)(C)CO6)c2)cs1. The molecule has 7 rings (SSSR count). The fourth-order valence-electron chi connectivity index (χ4n) is 9.82. The number of ether oxygens (including phenoxy) is 2. The molecule has 2 N–H and O–H groups in total. The molecule has 0 bridgehead atoms. The Morgan fingerprint density at radius 3 is 2.38 bits per heavy atom. The van der Waals surface area contributed by atoms with Gasteiger partial charge in [0.1, 0.15) is 5.60 Å². The summed E-state index contributed by atoms with van der Waals surface area (Å²) in [6.45, 7) is 8.47. The number of benzene rings is 1. The van der Waals surface area contributed by atoms with E-state index in [9.17, 15) is 23.4 Å². The Kier molecular flexibility index (Phi) is 7.97. The highest BCUT2D eigenvalue weighted by Gasteiger charge is 2.79. The molecule has 4 fully saturated rings. The molecule has 2 aromatic rings. The van der Waals surface area contributed by atoms with Gasteiger partial charge in [-0.3, -0.25) is 0 Å². The highest BCUT2D eigenvalue weighted by Crippen LogP contribution is 2.71. The summed E-state index contributed by atoms with van der Waals surface area (Å²) in [4.78, 5) is 4.48. The lowest BCUT2D eigenvalue weighted by molar-refractivity contribution is -0.362. The number of nitrogens with zero attached hydrogens (tertiary/aromatic N) is 1. The molecule has 11 heteroatoms. The highest BCUT2D eigenvalue weighted by molar-refractivity contribution is 7.09. The topological polar surface area (TPSA) is 71.8 Å². The quantitative estimate of drug-likeness (QED) is 0.247. The van der Waals surface area contributed by atoms with Crippen molar-refractivity contribution in [1.29, 1.82) is 0 Å². The summed E-state index contributed by atoms with van der Waals surface area (Å²) in [6, 6.07) is 7.59. The van der Waals surface area contributed by atoms with Gasteiger partial charge >= 0.3 is 12.1 Å². The molecule has 1 aromatic carbocycles. The van der Waals surface area contributed by atoms with Crippen LogP contribution >= 0.6 is 11.3 Å². The molecule has 3 saturated carbocycles. The summed E-state index contributed by atoms with van der Waals surface area (Å²) in [6.07, 6.45) is -0.862. The van der Waals surface area contributed by atoms with Crippen LogP contribution in [0.3, 0.4) is 0 Å². The van der Waals surface area contributed by atoms with E-state index in [4.69, 9.17) is 9.47 Å². The summed E-state index contributed by atoms with van der Waals surface area (Å²) >= 11 is 1.53. The van der Waals surface area contributed by atoms with Crippen LogP contribution in [0.25, 0.3) is 12.2 Å². The Morgan fingerprint density at radius 1 is 0.979 bits per heavy atom. The minimum Gasteiger partial charge on any atom is -0.385 e. The van der Waals surface area contributed by atoms with E-state index in [0.29, 0.717) is 38.9 Å². The van der Waals surface area contributed by atoms with E-state index >= 15 is 8.78 Å². The number of aromatic nitrogens is 1. The van der Waals surface area contributed by atoms with Crippen molar-refractivity contribution in [3.05, 3.63) is 62.6 Å². The van der Waals surface area contributed by atoms with Gasteiger partial charge in [-0.1, -0.05) is 56.7 Å². The molecule has 1 saturated heterocycles. The summed E-state index contributed by atoms with van der Waals surface area (Å²) in [5.41, 5.74) is -2.25. The van der Waals surface area contributed by atoms with Crippen LogP contribution in [0.2, 0.25) is 0 Å². The van der Waals surface area contributed by atoms with Crippen molar-refractivity contribution in [3.63, 3.8) is 0 Å². The molecule has 1 aliphatic heterocycles. The number of allylic oxidation sites excluding steroid dienone is 1. The number of halogens is 5. The number of thiazole rings is 1. The number of rotatable bonds is 4. The van der Waals surface area contributed by atoms with Crippen LogP contribution in [0.4, 0.5) is 22.0 Å². The molecule has 4 unspecified atom stereocenters. The third-order valence-electron chi connectivity index (χ3n) is 12.3. The van der Waals surface area contributed by atoms with Gasteiger partial charge < -0.3 is 19.7 Å². The lowest BCUT2D eigenvalue weighted by Gasteiger charge is -2.59. The number of hydrogen-bond acceptors (Lipinski definition) is 6. The second kappa shape index (κ2) is 11.2. The molecule has 4 aliphatic carbocycles. The van der Waals surface area contributed by atoms with Crippen molar-refractivity contribution in [2.75, 3.05) is 13.2 Å². The van der Waals surface area contributed by atoms with E-state index < -0.39 is 52.8 Å². The molecule has 6 atom stereocenters. The Labute approximate surface area is 282 Å².